The van der Waals surface area contributed by atoms with Gasteiger partial charge in [0.15, 0.2) is 0 Å². The summed E-state index contributed by atoms with van der Waals surface area (Å²) in [7, 11) is 0. The summed E-state index contributed by atoms with van der Waals surface area (Å²) in [4.78, 5) is 11.2. The highest BCUT2D eigenvalue weighted by molar-refractivity contribution is 5.60. The molecule has 4 nitrogen and oxygen atoms in total. The predicted molar refractivity (Wildman–Crippen MR) is 72.8 cm³/mol. The van der Waals surface area contributed by atoms with E-state index in [0.717, 1.165) is 5.56 Å². The van der Waals surface area contributed by atoms with E-state index >= 15 is 0 Å². The van der Waals surface area contributed by atoms with Gasteiger partial charge in [0.2, 0.25) is 0 Å². The topological polar surface area (TPSA) is 44.8 Å². The van der Waals surface area contributed by atoms with Gasteiger partial charge in [-0.3, -0.25) is 0 Å². The molecule has 4 heteroatoms. The number of ether oxygens (including phenoxy) is 3. The minimum Gasteiger partial charge on any atom is -0.435 e. The summed E-state index contributed by atoms with van der Waals surface area (Å²) in [6, 6.07) is 9.82. The van der Waals surface area contributed by atoms with Crippen LogP contribution >= 0.6 is 0 Å². The van der Waals surface area contributed by atoms with Gasteiger partial charge in [-0.15, -0.1) is 6.58 Å². The summed E-state index contributed by atoms with van der Waals surface area (Å²) in [5, 5.41) is 0. The fraction of sp³-hybridized carbons (Fsp3) is 0.400. The summed E-state index contributed by atoms with van der Waals surface area (Å²) in [5.41, 5.74) is 1.08. The Balaban J connectivity index is 2.32. The first-order valence-corrected chi connectivity index (χ1v) is 6.32. The Morgan fingerprint density at radius 3 is 2.74 bits per heavy atom. The van der Waals surface area contributed by atoms with E-state index in [1.54, 1.807) is 13.0 Å². The average molecular weight is 264 g/mol. The third-order valence-electron chi connectivity index (χ3n) is 2.37. The van der Waals surface area contributed by atoms with Gasteiger partial charge in [-0.05, 0) is 12.5 Å². The first-order chi connectivity index (χ1) is 9.26. The highest BCUT2D eigenvalue weighted by Gasteiger charge is 2.14. The summed E-state index contributed by atoms with van der Waals surface area (Å²) in [5.74, 6) is 0. The highest BCUT2D eigenvalue weighted by Crippen LogP contribution is 2.06. The molecule has 0 aliphatic carbocycles. The molecular weight excluding hydrogens is 244 g/mol. The van der Waals surface area contributed by atoms with Crippen LogP contribution < -0.4 is 0 Å². The molecule has 0 saturated heterocycles. The summed E-state index contributed by atoms with van der Waals surface area (Å²) >= 11 is 0. The van der Waals surface area contributed by atoms with E-state index in [4.69, 9.17) is 14.2 Å². The molecule has 19 heavy (non-hydrogen) atoms. The molecule has 1 atom stereocenters. The van der Waals surface area contributed by atoms with Gasteiger partial charge < -0.3 is 14.2 Å². The fourth-order valence-electron chi connectivity index (χ4n) is 1.51. The van der Waals surface area contributed by atoms with Crippen molar-refractivity contribution in [1.82, 2.24) is 0 Å². The second kappa shape index (κ2) is 9.16. The van der Waals surface area contributed by atoms with Crippen LogP contribution in [0, 0.1) is 0 Å². The molecule has 0 unspecified atom stereocenters. The maximum absolute atomic E-state index is 11.2. The average Bonchev–Trinajstić information content (AvgIpc) is 2.40. The lowest BCUT2D eigenvalue weighted by Crippen LogP contribution is -2.23. The molecule has 0 aliphatic heterocycles. The number of carbonyl (C=O) groups excluding carboxylic acids is 1. The molecule has 0 amide bonds. The first-order valence-electron chi connectivity index (χ1n) is 6.32. The van der Waals surface area contributed by atoms with E-state index in [0.29, 0.717) is 26.2 Å². The van der Waals surface area contributed by atoms with Crippen molar-refractivity contribution in [2.45, 2.75) is 26.1 Å². The number of hydrogen-bond donors (Lipinski definition) is 0. The van der Waals surface area contributed by atoms with Crippen molar-refractivity contribution in [2.75, 3.05) is 13.2 Å². The van der Waals surface area contributed by atoms with Crippen molar-refractivity contribution in [3.8, 4) is 0 Å². The number of rotatable bonds is 8. The molecule has 0 heterocycles. The standard InChI is InChI=1S/C15H20O4/c1-3-8-14(19-15(16)18-4-2)12-17-11-13-9-6-5-7-10-13/h3,5-7,9-10,14H,1,4,8,11-12H2,2H3/t14-/m0/s1. The molecule has 1 aromatic carbocycles. The largest absolute Gasteiger partial charge is 0.508 e. The molecule has 104 valence electrons. The third kappa shape index (κ3) is 6.62. The zero-order valence-corrected chi connectivity index (χ0v) is 11.2. The van der Waals surface area contributed by atoms with Crippen LogP contribution in [0.5, 0.6) is 0 Å². The maximum Gasteiger partial charge on any atom is 0.508 e. The van der Waals surface area contributed by atoms with Crippen LogP contribution in [-0.4, -0.2) is 25.5 Å². The van der Waals surface area contributed by atoms with Crippen molar-refractivity contribution >= 4 is 6.16 Å². The van der Waals surface area contributed by atoms with Crippen molar-refractivity contribution < 1.29 is 19.0 Å². The minimum atomic E-state index is -0.669. The molecule has 0 aliphatic rings. The molecule has 1 rings (SSSR count). The van der Waals surface area contributed by atoms with E-state index in [1.807, 2.05) is 30.3 Å². The zero-order chi connectivity index (χ0) is 13.9. The van der Waals surface area contributed by atoms with Gasteiger partial charge in [0.05, 0.1) is 19.8 Å². The lowest BCUT2D eigenvalue weighted by molar-refractivity contribution is -0.0173. The fourth-order valence-corrected chi connectivity index (χ4v) is 1.51. The molecule has 0 bridgehead atoms. The van der Waals surface area contributed by atoms with E-state index < -0.39 is 6.16 Å². The molecule has 0 fully saturated rings. The summed E-state index contributed by atoms with van der Waals surface area (Å²) < 4.78 is 15.4. The summed E-state index contributed by atoms with van der Waals surface area (Å²) in [6.45, 7) is 6.47. The molecule has 0 aromatic heterocycles. The molecule has 0 spiro atoms. The van der Waals surface area contributed by atoms with E-state index in [-0.39, 0.29) is 6.10 Å². The van der Waals surface area contributed by atoms with Crippen molar-refractivity contribution in [2.24, 2.45) is 0 Å². The molecular formula is C15H20O4. The number of carbonyl (C=O) groups is 1. The van der Waals surface area contributed by atoms with Crippen LogP contribution in [0.15, 0.2) is 43.0 Å². The predicted octanol–water partition coefficient (Wildman–Crippen LogP) is 3.32. The van der Waals surface area contributed by atoms with Crippen LogP contribution in [0.4, 0.5) is 4.79 Å². The van der Waals surface area contributed by atoms with Gasteiger partial charge >= 0.3 is 6.16 Å². The molecule has 0 N–H and O–H groups in total. The van der Waals surface area contributed by atoms with Crippen molar-refractivity contribution in [3.63, 3.8) is 0 Å². The van der Waals surface area contributed by atoms with Gasteiger partial charge in [-0.25, -0.2) is 4.79 Å². The van der Waals surface area contributed by atoms with Crippen LogP contribution in [0.25, 0.3) is 0 Å². The Bertz CT molecular complexity index is 375. The number of benzene rings is 1. The molecule has 1 aromatic rings. The quantitative estimate of drug-likeness (QED) is 0.533. The summed E-state index contributed by atoms with van der Waals surface area (Å²) in [6.07, 6.45) is 1.20. The lowest BCUT2D eigenvalue weighted by Gasteiger charge is -2.16. The maximum atomic E-state index is 11.2. The second-order valence-electron chi connectivity index (χ2n) is 3.95. The Morgan fingerprint density at radius 2 is 2.11 bits per heavy atom. The number of hydrogen-bond acceptors (Lipinski definition) is 4. The van der Waals surface area contributed by atoms with Crippen LogP contribution in [-0.2, 0) is 20.8 Å². The van der Waals surface area contributed by atoms with Gasteiger partial charge in [0, 0.05) is 6.42 Å². The van der Waals surface area contributed by atoms with E-state index in [9.17, 15) is 4.79 Å². The smallest absolute Gasteiger partial charge is 0.435 e. The third-order valence-corrected chi connectivity index (χ3v) is 2.37. The molecule has 0 radical (unpaired) electrons. The normalized spacial score (nSPS) is 11.6. The van der Waals surface area contributed by atoms with Crippen molar-refractivity contribution in [1.29, 1.82) is 0 Å². The Hall–Kier alpha value is -1.81. The van der Waals surface area contributed by atoms with Crippen LogP contribution in [0.2, 0.25) is 0 Å². The first kappa shape index (κ1) is 15.2. The second-order valence-corrected chi connectivity index (χ2v) is 3.95. The van der Waals surface area contributed by atoms with Crippen molar-refractivity contribution in [3.05, 3.63) is 48.6 Å². The van der Waals surface area contributed by atoms with E-state index in [2.05, 4.69) is 6.58 Å². The Labute approximate surface area is 114 Å². The van der Waals surface area contributed by atoms with Crippen LogP contribution in [0.1, 0.15) is 18.9 Å². The Kier molecular flexibility index (Phi) is 7.35. The van der Waals surface area contributed by atoms with E-state index in [1.165, 1.54) is 0 Å². The van der Waals surface area contributed by atoms with Gasteiger partial charge in [-0.2, -0.15) is 0 Å². The highest BCUT2D eigenvalue weighted by atomic mass is 16.7. The lowest BCUT2D eigenvalue weighted by atomic mass is 10.2. The van der Waals surface area contributed by atoms with Gasteiger partial charge in [0.1, 0.15) is 6.10 Å². The minimum absolute atomic E-state index is 0.296. The molecule has 0 saturated carbocycles. The van der Waals surface area contributed by atoms with Gasteiger partial charge in [0.25, 0.3) is 0 Å². The van der Waals surface area contributed by atoms with Gasteiger partial charge in [-0.1, -0.05) is 36.4 Å². The Morgan fingerprint density at radius 1 is 1.37 bits per heavy atom. The van der Waals surface area contributed by atoms with Crippen LogP contribution in [0.3, 0.4) is 0 Å². The monoisotopic (exact) mass is 264 g/mol. The SMILES string of the molecule is C=CC[C@@H](COCc1ccccc1)OC(=O)OCC. The zero-order valence-electron chi connectivity index (χ0n) is 11.2.